The lowest BCUT2D eigenvalue weighted by Crippen LogP contribution is -2.50. The lowest BCUT2D eigenvalue weighted by Gasteiger charge is -2.34. The van der Waals surface area contributed by atoms with Crippen molar-refractivity contribution in [3.8, 4) is 0 Å². The topological polar surface area (TPSA) is 51.4 Å². The summed E-state index contributed by atoms with van der Waals surface area (Å²) in [4.78, 5) is 20.9. The highest BCUT2D eigenvalue weighted by molar-refractivity contribution is 5.90. The van der Waals surface area contributed by atoms with E-state index in [0.29, 0.717) is 6.42 Å². The number of aryl methyl sites for hydroxylation is 2. The number of carbonyl (C=O) groups excluding carboxylic acids is 1. The lowest BCUT2D eigenvalue weighted by atomic mass is 10.0. The third kappa shape index (κ3) is 4.46. The number of nitrogens with one attached hydrogen (secondary N) is 2. The number of aromatic nitrogens is 1. The molecule has 0 unspecified atom stereocenters. The molecule has 2 aromatic rings. The highest BCUT2D eigenvalue weighted by Crippen LogP contribution is 2.23. The molecular formula is C21H32N4O. The van der Waals surface area contributed by atoms with E-state index in [1.807, 2.05) is 0 Å². The maximum absolute atomic E-state index is 12.7. The van der Waals surface area contributed by atoms with E-state index in [1.54, 1.807) is 0 Å². The van der Waals surface area contributed by atoms with Gasteiger partial charge in [0.1, 0.15) is 0 Å². The van der Waals surface area contributed by atoms with Gasteiger partial charge in [0.25, 0.3) is 0 Å². The monoisotopic (exact) mass is 356 g/mol. The molecule has 1 aromatic heterocycles. The molecule has 26 heavy (non-hydrogen) atoms. The molecule has 0 saturated carbocycles. The molecule has 142 valence electrons. The van der Waals surface area contributed by atoms with E-state index < -0.39 is 0 Å². The van der Waals surface area contributed by atoms with Gasteiger partial charge in [-0.25, -0.2) is 0 Å². The lowest BCUT2D eigenvalue weighted by molar-refractivity contribution is -0.121. The maximum Gasteiger partial charge on any atom is 0.224 e. The third-order valence-electron chi connectivity index (χ3n) is 5.54. The molecule has 5 heteroatoms. The standard InChI is InChI=1S/C21H32N4O/c1-5-17(14-25-10-8-24(4)9-11-25)23-21(26)13-18-16(3)22-20-7-6-15(2)12-19(18)20/h6-7,12,17,22H,5,8-11,13-14H2,1-4H3,(H,23,26)/t17-/m1/s1. The Bertz CT molecular complexity index is 759. The van der Waals surface area contributed by atoms with Crippen LogP contribution in [0.2, 0.25) is 0 Å². The molecule has 1 fully saturated rings. The van der Waals surface area contributed by atoms with E-state index in [2.05, 4.69) is 66.1 Å². The molecular weight excluding hydrogens is 324 g/mol. The number of amides is 1. The number of H-pyrrole nitrogens is 1. The van der Waals surface area contributed by atoms with Gasteiger partial charge >= 0.3 is 0 Å². The first-order valence-corrected chi connectivity index (χ1v) is 9.74. The van der Waals surface area contributed by atoms with Gasteiger partial charge in [0, 0.05) is 55.4 Å². The van der Waals surface area contributed by atoms with E-state index in [0.717, 1.165) is 55.9 Å². The average molecular weight is 357 g/mol. The van der Waals surface area contributed by atoms with E-state index in [9.17, 15) is 4.79 Å². The summed E-state index contributed by atoms with van der Waals surface area (Å²) in [7, 11) is 2.17. The Hall–Kier alpha value is -1.85. The zero-order valence-corrected chi connectivity index (χ0v) is 16.6. The van der Waals surface area contributed by atoms with Crippen molar-refractivity contribution in [3.05, 3.63) is 35.0 Å². The number of piperazine rings is 1. The van der Waals surface area contributed by atoms with Gasteiger partial charge in [-0.05, 0) is 45.0 Å². The van der Waals surface area contributed by atoms with Crippen LogP contribution < -0.4 is 5.32 Å². The predicted octanol–water partition coefficient (Wildman–Crippen LogP) is 2.47. The molecule has 0 spiro atoms. The smallest absolute Gasteiger partial charge is 0.224 e. The zero-order chi connectivity index (χ0) is 18.7. The van der Waals surface area contributed by atoms with Crippen molar-refractivity contribution in [2.75, 3.05) is 39.8 Å². The van der Waals surface area contributed by atoms with E-state index >= 15 is 0 Å². The maximum atomic E-state index is 12.7. The first-order chi connectivity index (χ1) is 12.5. The predicted molar refractivity (Wildman–Crippen MR) is 108 cm³/mol. The number of hydrogen-bond acceptors (Lipinski definition) is 3. The van der Waals surface area contributed by atoms with Crippen molar-refractivity contribution in [3.63, 3.8) is 0 Å². The molecule has 1 atom stereocenters. The summed E-state index contributed by atoms with van der Waals surface area (Å²) in [6.07, 6.45) is 1.40. The van der Waals surface area contributed by atoms with Crippen LogP contribution in [0.5, 0.6) is 0 Å². The van der Waals surface area contributed by atoms with E-state index in [1.165, 1.54) is 10.9 Å². The summed E-state index contributed by atoms with van der Waals surface area (Å²) in [6, 6.07) is 6.59. The summed E-state index contributed by atoms with van der Waals surface area (Å²) in [5, 5.41) is 4.43. The van der Waals surface area contributed by atoms with Crippen molar-refractivity contribution in [1.29, 1.82) is 0 Å². The van der Waals surface area contributed by atoms with Crippen molar-refractivity contribution in [1.82, 2.24) is 20.1 Å². The molecule has 5 nitrogen and oxygen atoms in total. The van der Waals surface area contributed by atoms with Crippen LogP contribution in [0, 0.1) is 13.8 Å². The minimum Gasteiger partial charge on any atom is -0.358 e. The van der Waals surface area contributed by atoms with Gasteiger partial charge in [-0.3, -0.25) is 9.69 Å². The number of fused-ring (bicyclic) bond motifs is 1. The Labute approximate surface area is 156 Å². The van der Waals surface area contributed by atoms with Gasteiger partial charge in [0.15, 0.2) is 0 Å². The molecule has 0 radical (unpaired) electrons. The Morgan fingerprint density at radius 3 is 2.65 bits per heavy atom. The van der Waals surface area contributed by atoms with E-state index in [-0.39, 0.29) is 11.9 Å². The van der Waals surface area contributed by atoms with Gasteiger partial charge in [0.2, 0.25) is 5.91 Å². The number of aromatic amines is 1. The SMILES string of the molecule is CC[C@H](CN1CCN(C)CC1)NC(=O)Cc1c(C)[nH]c2ccc(C)cc12. The number of likely N-dealkylation sites (N-methyl/N-ethyl adjacent to an activating group) is 1. The third-order valence-corrected chi connectivity index (χ3v) is 5.54. The van der Waals surface area contributed by atoms with E-state index in [4.69, 9.17) is 0 Å². The molecule has 3 rings (SSSR count). The fourth-order valence-electron chi connectivity index (χ4n) is 3.78. The summed E-state index contributed by atoms with van der Waals surface area (Å²) >= 11 is 0. The molecule has 0 bridgehead atoms. The molecule has 2 heterocycles. The van der Waals surface area contributed by atoms with Crippen molar-refractivity contribution in [2.24, 2.45) is 0 Å². The first-order valence-electron chi connectivity index (χ1n) is 9.74. The van der Waals surface area contributed by atoms with Crippen molar-refractivity contribution >= 4 is 16.8 Å². The van der Waals surface area contributed by atoms with Gasteiger partial charge < -0.3 is 15.2 Å². The largest absolute Gasteiger partial charge is 0.358 e. The second-order valence-corrected chi connectivity index (χ2v) is 7.73. The van der Waals surface area contributed by atoms with Crippen LogP contribution in [0.3, 0.4) is 0 Å². The van der Waals surface area contributed by atoms with Gasteiger partial charge in [-0.2, -0.15) is 0 Å². The minimum atomic E-state index is 0.122. The average Bonchev–Trinajstić information content (AvgIpc) is 2.91. The normalized spacial score (nSPS) is 17.5. The number of nitrogens with zero attached hydrogens (tertiary/aromatic N) is 2. The van der Waals surface area contributed by atoms with Crippen LogP contribution >= 0.6 is 0 Å². The summed E-state index contributed by atoms with van der Waals surface area (Å²) in [6.45, 7) is 11.6. The Morgan fingerprint density at radius 1 is 1.23 bits per heavy atom. The highest BCUT2D eigenvalue weighted by Gasteiger charge is 2.20. The fraction of sp³-hybridized carbons (Fsp3) is 0.571. The van der Waals surface area contributed by atoms with Crippen LogP contribution in [-0.4, -0.2) is 66.5 Å². The zero-order valence-electron chi connectivity index (χ0n) is 16.6. The Morgan fingerprint density at radius 2 is 1.96 bits per heavy atom. The fourth-order valence-corrected chi connectivity index (χ4v) is 3.78. The van der Waals surface area contributed by atoms with Crippen LogP contribution in [0.25, 0.3) is 10.9 Å². The number of benzene rings is 1. The second kappa shape index (κ2) is 8.23. The summed E-state index contributed by atoms with van der Waals surface area (Å²) in [5.74, 6) is 0.122. The van der Waals surface area contributed by atoms with Crippen molar-refractivity contribution in [2.45, 2.75) is 39.7 Å². The van der Waals surface area contributed by atoms with Gasteiger partial charge in [0.05, 0.1) is 6.42 Å². The number of carbonyl (C=O) groups is 1. The Balaban J connectivity index is 1.62. The molecule has 1 aromatic carbocycles. The molecule has 0 aliphatic carbocycles. The molecule has 1 amide bonds. The Kier molecular flexibility index (Phi) is 5.99. The number of hydrogen-bond donors (Lipinski definition) is 2. The molecule has 2 N–H and O–H groups in total. The van der Waals surface area contributed by atoms with Crippen LogP contribution in [-0.2, 0) is 11.2 Å². The first kappa shape index (κ1) is 18.9. The van der Waals surface area contributed by atoms with Crippen LogP contribution in [0.4, 0.5) is 0 Å². The molecule has 1 aliphatic heterocycles. The summed E-state index contributed by atoms with van der Waals surface area (Å²) < 4.78 is 0. The highest BCUT2D eigenvalue weighted by atomic mass is 16.1. The van der Waals surface area contributed by atoms with Crippen molar-refractivity contribution < 1.29 is 4.79 Å². The number of rotatable bonds is 6. The molecule has 1 aliphatic rings. The second-order valence-electron chi connectivity index (χ2n) is 7.73. The molecule has 1 saturated heterocycles. The van der Waals surface area contributed by atoms with Crippen LogP contribution in [0.15, 0.2) is 18.2 Å². The van der Waals surface area contributed by atoms with Gasteiger partial charge in [-0.1, -0.05) is 18.6 Å². The quantitative estimate of drug-likeness (QED) is 0.836. The summed E-state index contributed by atoms with van der Waals surface area (Å²) in [5.41, 5.74) is 4.54. The van der Waals surface area contributed by atoms with Crippen LogP contribution in [0.1, 0.15) is 30.2 Å². The minimum absolute atomic E-state index is 0.122. The van der Waals surface area contributed by atoms with Gasteiger partial charge in [-0.15, -0.1) is 0 Å².